The van der Waals surface area contributed by atoms with Crippen molar-refractivity contribution in [1.82, 2.24) is 9.97 Å². The number of thiophene rings is 2. The number of hydrogen-bond donors (Lipinski definition) is 0. The Kier molecular flexibility index (Phi) is 8.34. The van der Waals surface area contributed by atoms with E-state index in [1.54, 1.807) is 6.20 Å². The Morgan fingerprint density at radius 3 is 1.84 bits per heavy atom. The van der Waals surface area contributed by atoms with Gasteiger partial charge in [-0.05, 0) is 47.3 Å². The number of pyridine rings is 2. The zero-order valence-electron chi connectivity index (χ0n) is 23.9. The molecule has 0 atom stereocenters. The van der Waals surface area contributed by atoms with Gasteiger partial charge in [-0.25, -0.2) is 0 Å². The van der Waals surface area contributed by atoms with Crippen molar-refractivity contribution in [3.05, 3.63) is 158 Å². The van der Waals surface area contributed by atoms with E-state index in [-0.39, 0.29) is 20.1 Å². The molecule has 2 nitrogen and oxygen atoms in total. The molecule has 5 aromatic carbocycles. The zero-order valence-corrected chi connectivity index (χ0v) is 27.9. The Morgan fingerprint density at radius 1 is 0.489 bits per heavy atom. The van der Waals surface area contributed by atoms with Crippen molar-refractivity contribution in [2.45, 2.75) is 0 Å². The minimum Gasteiger partial charge on any atom is -0.305 e. The van der Waals surface area contributed by atoms with E-state index in [1.165, 1.54) is 51.5 Å². The molecule has 9 aromatic rings. The molecule has 0 saturated carbocycles. The Bertz CT molecular complexity index is 2340. The van der Waals surface area contributed by atoms with Gasteiger partial charge in [-0.15, -0.1) is 94.5 Å². The van der Waals surface area contributed by atoms with E-state index < -0.39 is 0 Å². The molecule has 0 amide bonds. The van der Waals surface area contributed by atoms with E-state index in [0.29, 0.717) is 0 Å². The van der Waals surface area contributed by atoms with E-state index in [1.807, 2.05) is 89.5 Å². The molecule has 0 saturated heterocycles. The molecule has 0 aliphatic rings. The van der Waals surface area contributed by atoms with Crippen LogP contribution >= 0.6 is 22.7 Å². The van der Waals surface area contributed by atoms with Gasteiger partial charge in [0.1, 0.15) is 0 Å². The summed E-state index contributed by atoms with van der Waals surface area (Å²) in [6.07, 6.45) is 3.72. The summed E-state index contributed by atoms with van der Waals surface area (Å²) in [6.45, 7) is 0. The first-order chi connectivity index (χ1) is 21.8. The van der Waals surface area contributed by atoms with Gasteiger partial charge >= 0.3 is 0 Å². The number of fused-ring (bicyclic) bond motifs is 6. The van der Waals surface area contributed by atoms with Crippen LogP contribution in [0.15, 0.2) is 146 Å². The third-order valence-electron chi connectivity index (χ3n) is 7.69. The maximum Gasteiger partial charge on any atom is 0.0440 e. The largest absolute Gasteiger partial charge is 0.305 e. The van der Waals surface area contributed by atoms with Crippen LogP contribution in [0.2, 0.25) is 0 Å². The van der Waals surface area contributed by atoms with Gasteiger partial charge in [0.25, 0.3) is 0 Å². The minimum absolute atomic E-state index is 0. The predicted octanol–water partition coefficient (Wildman–Crippen LogP) is 11.5. The van der Waals surface area contributed by atoms with Crippen LogP contribution in [0.3, 0.4) is 0 Å². The molecule has 1 radical (unpaired) electrons. The smallest absolute Gasteiger partial charge is 0.0440 e. The molecule has 0 aliphatic carbocycles. The average Bonchev–Trinajstić information content (AvgIpc) is 3.67. The number of rotatable bonds is 3. The van der Waals surface area contributed by atoms with Crippen LogP contribution in [0.5, 0.6) is 0 Å². The number of nitrogens with zero attached hydrogens (tertiary/aromatic N) is 2. The van der Waals surface area contributed by atoms with E-state index in [4.69, 9.17) is 0 Å². The molecule has 45 heavy (non-hydrogen) atoms. The van der Waals surface area contributed by atoms with E-state index in [2.05, 4.69) is 94.9 Å². The molecule has 217 valence electrons. The molecule has 5 heteroatoms. The molecule has 0 N–H and O–H groups in total. The summed E-state index contributed by atoms with van der Waals surface area (Å²) in [5.74, 6) is 0. The van der Waals surface area contributed by atoms with E-state index in [0.717, 1.165) is 22.5 Å². The fraction of sp³-hybridized carbons (Fsp3) is 0. The van der Waals surface area contributed by atoms with Gasteiger partial charge in [0.15, 0.2) is 0 Å². The van der Waals surface area contributed by atoms with Crippen LogP contribution in [0.4, 0.5) is 0 Å². The first-order valence-electron chi connectivity index (χ1n) is 14.4. The molecule has 0 aliphatic heterocycles. The van der Waals surface area contributed by atoms with Crippen molar-refractivity contribution in [2.75, 3.05) is 0 Å². The summed E-state index contributed by atoms with van der Waals surface area (Å²) in [7, 11) is 0. The van der Waals surface area contributed by atoms with Crippen molar-refractivity contribution in [1.29, 1.82) is 0 Å². The van der Waals surface area contributed by atoms with Crippen LogP contribution in [0, 0.1) is 12.1 Å². The van der Waals surface area contributed by atoms with Gasteiger partial charge in [0.2, 0.25) is 0 Å². The summed E-state index contributed by atoms with van der Waals surface area (Å²) in [6, 6.07) is 52.5. The van der Waals surface area contributed by atoms with Crippen molar-refractivity contribution in [3.8, 4) is 33.6 Å². The van der Waals surface area contributed by atoms with Gasteiger partial charge in [0.05, 0.1) is 0 Å². The second-order valence-electron chi connectivity index (χ2n) is 10.4. The maximum absolute atomic E-state index is 4.66. The molecule has 0 spiro atoms. The SMILES string of the molecule is [Ir].[c-]1ccccc1-c1cc(-c2c3sc4ccccc4c3cc3sc4ccccc4c23)ccn1.[c-]1ccccc1-c1ccccn1. The predicted molar refractivity (Wildman–Crippen MR) is 188 cm³/mol. The third kappa shape index (κ3) is 5.61. The van der Waals surface area contributed by atoms with Crippen molar-refractivity contribution in [2.24, 2.45) is 0 Å². The second-order valence-corrected chi connectivity index (χ2v) is 12.5. The van der Waals surface area contributed by atoms with Crippen molar-refractivity contribution in [3.63, 3.8) is 0 Å². The first kappa shape index (κ1) is 29.2. The van der Waals surface area contributed by atoms with Crippen molar-refractivity contribution < 1.29 is 20.1 Å². The molecule has 0 unspecified atom stereocenters. The number of aromatic nitrogens is 2. The molecule has 4 heterocycles. The Balaban J connectivity index is 0.000000211. The van der Waals surface area contributed by atoms with Crippen LogP contribution in [-0.2, 0) is 20.1 Å². The second kappa shape index (κ2) is 12.8. The summed E-state index contributed by atoms with van der Waals surface area (Å²) < 4.78 is 5.34. The zero-order chi connectivity index (χ0) is 29.3. The van der Waals surface area contributed by atoms with Gasteiger partial charge < -0.3 is 9.97 Å². The van der Waals surface area contributed by atoms with E-state index in [9.17, 15) is 0 Å². The Hall–Kier alpha value is -4.51. The molecular formula is C40H24IrN2S2-2. The fourth-order valence-electron chi connectivity index (χ4n) is 5.70. The summed E-state index contributed by atoms with van der Waals surface area (Å²) in [5.41, 5.74) is 6.50. The minimum atomic E-state index is 0. The first-order valence-corrected chi connectivity index (χ1v) is 16.0. The number of benzene rings is 5. The molecule has 4 aromatic heterocycles. The maximum atomic E-state index is 4.66. The van der Waals surface area contributed by atoms with Crippen LogP contribution in [-0.4, -0.2) is 9.97 Å². The van der Waals surface area contributed by atoms with Gasteiger partial charge in [-0.2, -0.15) is 0 Å². The topological polar surface area (TPSA) is 25.8 Å². The standard InChI is InChI=1S/C29H16NS2.C11H8N.Ir/c1-2-8-18(9-3-1)23-16-19(14-15-30-23)27-28-21-11-5-7-13-25(21)31-26(28)17-22-20-10-4-6-12-24(20)32-29(22)27;1-2-6-10(7-3-1)11-8-4-5-9-12-11;/h1-8,10-17H;1-6,8-9H;/q2*-1;. The summed E-state index contributed by atoms with van der Waals surface area (Å²) in [5, 5.41) is 5.34. The van der Waals surface area contributed by atoms with Gasteiger partial charge in [-0.3, -0.25) is 0 Å². The summed E-state index contributed by atoms with van der Waals surface area (Å²) in [4.78, 5) is 8.88. The monoisotopic (exact) mass is 789 g/mol. The Morgan fingerprint density at radius 2 is 1.13 bits per heavy atom. The number of hydrogen-bond acceptors (Lipinski definition) is 4. The Labute approximate surface area is 283 Å². The van der Waals surface area contributed by atoms with Crippen LogP contribution in [0.1, 0.15) is 0 Å². The van der Waals surface area contributed by atoms with Crippen LogP contribution in [0.25, 0.3) is 74.0 Å². The molecular weight excluding hydrogens is 765 g/mol. The normalized spacial score (nSPS) is 10.9. The molecule has 0 fully saturated rings. The average molecular weight is 789 g/mol. The van der Waals surface area contributed by atoms with E-state index >= 15 is 0 Å². The fourth-order valence-corrected chi connectivity index (χ4v) is 8.11. The molecule has 9 rings (SSSR count). The van der Waals surface area contributed by atoms with Gasteiger partial charge in [0, 0.05) is 78.4 Å². The van der Waals surface area contributed by atoms with Gasteiger partial charge in [-0.1, -0.05) is 54.6 Å². The summed E-state index contributed by atoms with van der Waals surface area (Å²) >= 11 is 3.77. The van der Waals surface area contributed by atoms with Crippen molar-refractivity contribution >= 4 is 63.0 Å². The third-order valence-corrected chi connectivity index (χ3v) is 10.0. The quantitative estimate of drug-likeness (QED) is 0.167. The molecule has 0 bridgehead atoms. The van der Waals surface area contributed by atoms with Crippen LogP contribution < -0.4 is 0 Å².